The van der Waals surface area contributed by atoms with Crippen LogP contribution in [0.25, 0.3) is 22.1 Å². The van der Waals surface area contributed by atoms with Gasteiger partial charge in [0.25, 0.3) is 0 Å². The largest absolute Gasteiger partial charge is 0.494 e. The molecule has 2 aromatic carbocycles. The Bertz CT molecular complexity index is 1500. The predicted octanol–water partition coefficient (Wildman–Crippen LogP) is 4.08. The SMILES string of the molecule is CCOc1ccc2nc(SCC(=O)Nc3nonc3NC(=O)CSc3nc4ccc(OCC)cc4[nH]3)[nH]c2c1. The van der Waals surface area contributed by atoms with Gasteiger partial charge in [0, 0.05) is 12.1 Å². The smallest absolute Gasteiger partial charge is 0.236 e. The van der Waals surface area contributed by atoms with E-state index in [1.54, 1.807) is 0 Å². The molecular weight excluding hydrogens is 544 g/mol. The summed E-state index contributed by atoms with van der Waals surface area (Å²) >= 11 is 2.44. The third-order valence-corrected chi connectivity index (χ3v) is 6.92. The third-order valence-electron chi connectivity index (χ3n) is 5.17. The average Bonchev–Trinajstić information content (AvgIpc) is 3.64. The number of anilines is 2. The van der Waals surface area contributed by atoms with Gasteiger partial charge in [-0.25, -0.2) is 14.6 Å². The van der Waals surface area contributed by atoms with E-state index in [2.05, 4.69) is 40.9 Å². The number of nitrogens with one attached hydrogen (secondary N) is 4. The van der Waals surface area contributed by atoms with Crippen LogP contribution in [0.2, 0.25) is 0 Å². The Hall–Kier alpha value is -4.24. The van der Waals surface area contributed by atoms with Gasteiger partial charge in [-0.15, -0.1) is 0 Å². The molecule has 5 rings (SSSR count). The Morgan fingerprint density at radius 3 is 1.69 bits per heavy atom. The van der Waals surface area contributed by atoms with Crippen LogP contribution in [-0.4, -0.2) is 66.8 Å². The van der Waals surface area contributed by atoms with Crippen molar-refractivity contribution in [1.29, 1.82) is 0 Å². The highest BCUT2D eigenvalue weighted by Gasteiger charge is 2.17. The number of H-pyrrole nitrogens is 2. The van der Waals surface area contributed by atoms with Crippen LogP contribution in [0.3, 0.4) is 0 Å². The molecule has 0 fully saturated rings. The van der Waals surface area contributed by atoms with Crippen molar-refractivity contribution in [2.45, 2.75) is 24.2 Å². The molecule has 0 aliphatic carbocycles. The van der Waals surface area contributed by atoms with E-state index in [1.165, 1.54) is 23.5 Å². The number of fused-ring (bicyclic) bond motifs is 2. The van der Waals surface area contributed by atoms with Crippen LogP contribution in [0.15, 0.2) is 51.3 Å². The lowest BCUT2D eigenvalue weighted by Crippen LogP contribution is -2.19. The number of benzene rings is 2. The van der Waals surface area contributed by atoms with E-state index >= 15 is 0 Å². The molecule has 0 aliphatic rings. The topological polar surface area (TPSA) is 173 Å². The number of amides is 2. The van der Waals surface area contributed by atoms with Crippen LogP contribution >= 0.6 is 23.5 Å². The summed E-state index contributed by atoms with van der Waals surface area (Å²) < 4.78 is 15.7. The standard InChI is InChI=1S/C24H24N8O5S2/c1-3-35-13-5-7-15-17(9-13)27-23(25-15)38-11-19(33)29-21-22(32-37-31-21)30-20(34)12-39-24-26-16-8-6-14(36-4-2)10-18(16)28-24/h5-10H,3-4,11-12H2,1-2H3,(H,25,27)(H,26,28)(H,29,31,33)(H,30,32,34). The van der Waals surface area contributed by atoms with Crippen LogP contribution in [0.4, 0.5) is 11.6 Å². The summed E-state index contributed by atoms with van der Waals surface area (Å²) in [7, 11) is 0. The highest BCUT2D eigenvalue weighted by molar-refractivity contribution is 8.00. The molecule has 13 nitrogen and oxygen atoms in total. The Kier molecular flexibility index (Phi) is 8.17. The van der Waals surface area contributed by atoms with Gasteiger partial charge < -0.3 is 30.1 Å². The van der Waals surface area contributed by atoms with E-state index in [0.29, 0.717) is 23.5 Å². The van der Waals surface area contributed by atoms with Crippen molar-refractivity contribution < 1.29 is 23.7 Å². The Morgan fingerprint density at radius 1 is 0.795 bits per heavy atom. The predicted molar refractivity (Wildman–Crippen MR) is 148 cm³/mol. The van der Waals surface area contributed by atoms with Crippen LogP contribution < -0.4 is 20.1 Å². The Morgan fingerprint density at radius 2 is 1.26 bits per heavy atom. The quantitative estimate of drug-likeness (QED) is 0.160. The fourth-order valence-electron chi connectivity index (χ4n) is 3.54. The second-order valence-electron chi connectivity index (χ2n) is 7.94. The molecule has 2 amide bonds. The first-order valence-corrected chi connectivity index (χ1v) is 13.9. The molecule has 0 saturated heterocycles. The fourth-order valence-corrected chi connectivity index (χ4v) is 4.91. The zero-order valence-electron chi connectivity index (χ0n) is 20.9. The summed E-state index contributed by atoms with van der Waals surface area (Å²) in [5.74, 6) is 0.853. The number of ether oxygens (including phenoxy) is 2. The van der Waals surface area contributed by atoms with Gasteiger partial charge in [-0.2, -0.15) is 0 Å². The molecule has 0 unspecified atom stereocenters. The van der Waals surface area contributed by atoms with Gasteiger partial charge in [-0.1, -0.05) is 23.5 Å². The third kappa shape index (κ3) is 6.61. The van der Waals surface area contributed by atoms with E-state index < -0.39 is 0 Å². The van der Waals surface area contributed by atoms with Crippen molar-refractivity contribution in [3.05, 3.63) is 36.4 Å². The van der Waals surface area contributed by atoms with Gasteiger partial charge in [0.1, 0.15) is 11.5 Å². The molecule has 0 saturated carbocycles. The number of carbonyl (C=O) groups is 2. The Balaban J connectivity index is 1.12. The lowest BCUT2D eigenvalue weighted by atomic mass is 10.3. The lowest BCUT2D eigenvalue weighted by Gasteiger charge is -2.03. The molecule has 0 aliphatic heterocycles. The highest BCUT2D eigenvalue weighted by Crippen LogP contribution is 2.25. The molecule has 0 bridgehead atoms. The van der Waals surface area contributed by atoms with Crippen LogP contribution in [0.5, 0.6) is 11.5 Å². The lowest BCUT2D eigenvalue weighted by molar-refractivity contribution is -0.114. The minimum Gasteiger partial charge on any atom is -0.494 e. The molecule has 5 aromatic rings. The van der Waals surface area contributed by atoms with Gasteiger partial charge in [0.2, 0.25) is 23.5 Å². The molecule has 15 heteroatoms. The van der Waals surface area contributed by atoms with Gasteiger partial charge in [-0.05, 0) is 48.4 Å². The van der Waals surface area contributed by atoms with Gasteiger partial charge in [0.15, 0.2) is 10.3 Å². The van der Waals surface area contributed by atoms with E-state index in [1.807, 2.05) is 50.2 Å². The Labute approximate surface area is 230 Å². The monoisotopic (exact) mass is 568 g/mol. The van der Waals surface area contributed by atoms with Crippen molar-refractivity contribution in [1.82, 2.24) is 30.2 Å². The maximum Gasteiger partial charge on any atom is 0.236 e. The molecule has 39 heavy (non-hydrogen) atoms. The number of rotatable bonds is 12. The van der Waals surface area contributed by atoms with Crippen molar-refractivity contribution in [2.24, 2.45) is 0 Å². The number of hydrogen-bond donors (Lipinski definition) is 4. The number of imidazole rings is 2. The zero-order chi connectivity index (χ0) is 27.2. The normalized spacial score (nSPS) is 11.1. The van der Waals surface area contributed by atoms with Crippen molar-refractivity contribution in [3.8, 4) is 11.5 Å². The first kappa shape index (κ1) is 26.4. The zero-order valence-corrected chi connectivity index (χ0v) is 22.6. The second kappa shape index (κ2) is 12.1. The summed E-state index contributed by atoms with van der Waals surface area (Å²) in [5, 5.41) is 13.7. The van der Waals surface area contributed by atoms with E-state index in [9.17, 15) is 9.59 Å². The van der Waals surface area contributed by atoms with Crippen molar-refractivity contribution in [3.63, 3.8) is 0 Å². The van der Waals surface area contributed by atoms with E-state index in [4.69, 9.17) is 14.1 Å². The molecule has 3 heterocycles. The summed E-state index contributed by atoms with van der Waals surface area (Å²) in [6.07, 6.45) is 0. The number of nitrogens with zero attached hydrogens (tertiary/aromatic N) is 4. The molecule has 3 aromatic heterocycles. The van der Waals surface area contributed by atoms with Crippen molar-refractivity contribution >= 4 is 69.0 Å². The van der Waals surface area contributed by atoms with Gasteiger partial charge in [0.05, 0.1) is 46.8 Å². The molecule has 4 N–H and O–H groups in total. The van der Waals surface area contributed by atoms with Crippen LogP contribution in [0.1, 0.15) is 13.8 Å². The molecule has 0 radical (unpaired) electrons. The van der Waals surface area contributed by atoms with Gasteiger partial charge in [-0.3, -0.25) is 9.59 Å². The summed E-state index contributed by atoms with van der Waals surface area (Å²) in [4.78, 5) is 40.2. The summed E-state index contributed by atoms with van der Waals surface area (Å²) in [6, 6.07) is 11.1. The summed E-state index contributed by atoms with van der Waals surface area (Å²) in [5.41, 5.74) is 3.15. The first-order valence-electron chi connectivity index (χ1n) is 11.9. The number of aromatic nitrogens is 6. The molecule has 0 spiro atoms. The maximum atomic E-state index is 12.5. The van der Waals surface area contributed by atoms with Gasteiger partial charge >= 0.3 is 0 Å². The minimum atomic E-state index is -0.371. The minimum absolute atomic E-state index is 0.0112. The highest BCUT2D eigenvalue weighted by atomic mass is 32.2. The van der Waals surface area contributed by atoms with Crippen molar-refractivity contribution in [2.75, 3.05) is 35.4 Å². The van der Waals surface area contributed by atoms with E-state index in [-0.39, 0.29) is 35.0 Å². The average molecular weight is 569 g/mol. The molecular formula is C24H24N8O5S2. The molecule has 202 valence electrons. The number of carbonyl (C=O) groups excluding carboxylic acids is 2. The van der Waals surface area contributed by atoms with E-state index in [0.717, 1.165) is 33.6 Å². The van der Waals surface area contributed by atoms with Crippen LogP contribution in [0, 0.1) is 0 Å². The number of thioether (sulfide) groups is 2. The maximum absolute atomic E-state index is 12.5. The van der Waals surface area contributed by atoms with Crippen LogP contribution in [-0.2, 0) is 9.59 Å². The molecule has 0 atom stereocenters. The fraction of sp³-hybridized carbons (Fsp3) is 0.250. The first-order chi connectivity index (χ1) is 19.0. The summed E-state index contributed by atoms with van der Waals surface area (Å²) in [6.45, 7) is 4.96. The second-order valence-corrected chi connectivity index (χ2v) is 9.87. The number of aromatic amines is 2. The number of hydrogen-bond acceptors (Lipinski definition) is 11.